The van der Waals surface area contributed by atoms with Gasteiger partial charge in [0, 0.05) is 17.5 Å². The molecule has 110 valence electrons. The van der Waals surface area contributed by atoms with E-state index in [4.69, 9.17) is 0 Å². The number of nitrogens with zero attached hydrogens (tertiary/aromatic N) is 1. The van der Waals surface area contributed by atoms with Gasteiger partial charge < -0.3 is 0 Å². The summed E-state index contributed by atoms with van der Waals surface area (Å²) >= 11 is 1.62. The van der Waals surface area contributed by atoms with Crippen LogP contribution in [-0.4, -0.2) is 23.3 Å². The van der Waals surface area contributed by atoms with E-state index < -0.39 is 23.0 Å². The Morgan fingerprint density at radius 1 is 1.19 bits per heavy atom. The molecule has 1 heterocycles. The molecule has 1 fully saturated rings. The topological polar surface area (TPSA) is 20.3 Å². The molecule has 0 unspecified atom stereocenters. The van der Waals surface area contributed by atoms with Gasteiger partial charge >= 0.3 is 0 Å². The standard InChI is InChI=1S/C16H15F2NOS/c17-13-4-1-5-14(18)16(13)15(20)10-19(11-6-7-11)9-12-3-2-8-21-12/h1-5,8,11H,6-7,9-10H2. The van der Waals surface area contributed by atoms with Crippen LogP contribution in [0.25, 0.3) is 0 Å². The van der Waals surface area contributed by atoms with Gasteiger partial charge in [-0.2, -0.15) is 0 Å². The monoisotopic (exact) mass is 307 g/mol. The minimum atomic E-state index is -0.785. The maximum atomic E-state index is 13.7. The summed E-state index contributed by atoms with van der Waals surface area (Å²) in [7, 11) is 0. The van der Waals surface area contributed by atoms with Crippen molar-refractivity contribution in [3.8, 4) is 0 Å². The molecule has 0 amide bonds. The second-order valence-electron chi connectivity index (χ2n) is 5.24. The SMILES string of the molecule is O=C(CN(Cc1cccs1)C1CC1)c1c(F)cccc1F. The summed E-state index contributed by atoms with van der Waals surface area (Å²) in [5.41, 5.74) is -0.422. The lowest BCUT2D eigenvalue weighted by molar-refractivity contribution is 0.0911. The van der Waals surface area contributed by atoms with Gasteiger partial charge in [0.1, 0.15) is 11.6 Å². The summed E-state index contributed by atoms with van der Waals surface area (Å²) in [5.74, 6) is -2.06. The highest BCUT2D eigenvalue weighted by Gasteiger charge is 2.31. The predicted octanol–water partition coefficient (Wildman–Crippen LogP) is 3.87. The Balaban J connectivity index is 1.75. The summed E-state index contributed by atoms with van der Waals surface area (Å²) in [6.45, 7) is 0.713. The van der Waals surface area contributed by atoms with Crippen molar-refractivity contribution in [2.45, 2.75) is 25.4 Å². The lowest BCUT2D eigenvalue weighted by atomic mass is 10.1. The quantitative estimate of drug-likeness (QED) is 0.755. The van der Waals surface area contributed by atoms with Gasteiger partial charge in [0.2, 0.25) is 0 Å². The third kappa shape index (κ3) is 3.36. The van der Waals surface area contributed by atoms with E-state index in [9.17, 15) is 13.6 Å². The summed E-state index contributed by atoms with van der Waals surface area (Å²) in [6, 6.07) is 7.84. The van der Waals surface area contributed by atoms with E-state index in [0.717, 1.165) is 29.9 Å². The minimum Gasteiger partial charge on any atom is -0.292 e. The highest BCUT2D eigenvalue weighted by atomic mass is 32.1. The molecule has 1 aliphatic carbocycles. The van der Waals surface area contributed by atoms with Crippen LogP contribution in [0.15, 0.2) is 35.7 Å². The molecule has 0 saturated heterocycles. The molecule has 21 heavy (non-hydrogen) atoms. The molecule has 1 aromatic carbocycles. The Hall–Kier alpha value is -1.59. The zero-order valence-electron chi connectivity index (χ0n) is 11.4. The third-order valence-corrected chi connectivity index (χ3v) is 4.45. The number of halogens is 2. The first-order chi connectivity index (χ1) is 10.1. The number of benzene rings is 1. The second kappa shape index (κ2) is 6.03. The number of carbonyl (C=O) groups excluding carboxylic acids is 1. The van der Waals surface area contributed by atoms with Gasteiger partial charge in [-0.15, -0.1) is 11.3 Å². The van der Waals surface area contributed by atoms with Gasteiger partial charge in [0.25, 0.3) is 0 Å². The van der Waals surface area contributed by atoms with Crippen LogP contribution in [0.1, 0.15) is 28.1 Å². The summed E-state index contributed by atoms with van der Waals surface area (Å²) in [4.78, 5) is 15.4. The first-order valence-corrected chi connectivity index (χ1v) is 7.77. The second-order valence-corrected chi connectivity index (χ2v) is 6.27. The number of Topliss-reactive ketones (excluding diaryl/α,β-unsaturated/α-hetero) is 1. The summed E-state index contributed by atoms with van der Waals surface area (Å²) in [5, 5.41) is 1.98. The Bertz CT molecular complexity index is 617. The van der Waals surface area contributed by atoms with Crippen molar-refractivity contribution < 1.29 is 13.6 Å². The molecule has 0 atom stereocenters. The molecule has 2 nitrogen and oxygen atoms in total. The molecule has 0 bridgehead atoms. The van der Waals surface area contributed by atoms with Gasteiger partial charge in [-0.05, 0) is 36.4 Å². The number of carbonyl (C=O) groups is 1. The Morgan fingerprint density at radius 2 is 1.90 bits per heavy atom. The number of hydrogen-bond acceptors (Lipinski definition) is 3. The zero-order valence-corrected chi connectivity index (χ0v) is 12.2. The summed E-state index contributed by atoms with van der Waals surface area (Å²) in [6.07, 6.45) is 2.08. The van der Waals surface area contributed by atoms with E-state index in [2.05, 4.69) is 0 Å². The molecule has 0 spiro atoms. The van der Waals surface area contributed by atoms with Crippen LogP contribution in [0.4, 0.5) is 8.78 Å². The van der Waals surface area contributed by atoms with Crippen LogP contribution >= 0.6 is 11.3 Å². The van der Waals surface area contributed by atoms with Crippen molar-refractivity contribution in [2.24, 2.45) is 0 Å². The zero-order chi connectivity index (χ0) is 14.8. The molecular formula is C16H15F2NOS. The molecule has 1 aromatic heterocycles. The van der Waals surface area contributed by atoms with Crippen molar-refractivity contribution in [2.75, 3.05) is 6.54 Å². The van der Waals surface area contributed by atoms with Gasteiger partial charge in [0.05, 0.1) is 12.1 Å². The highest BCUT2D eigenvalue weighted by molar-refractivity contribution is 7.09. The van der Waals surface area contributed by atoms with E-state index in [1.807, 2.05) is 22.4 Å². The van der Waals surface area contributed by atoms with Crippen molar-refractivity contribution in [3.05, 3.63) is 57.8 Å². The van der Waals surface area contributed by atoms with E-state index in [1.54, 1.807) is 11.3 Å². The highest BCUT2D eigenvalue weighted by Crippen LogP contribution is 2.29. The van der Waals surface area contributed by atoms with Crippen LogP contribution in [0.2, 0.25) is 0 Å². The predicted molar refractivity (Wildman–Crippen MR) is 78.4 cm³/mol. The number of hydrogen-bond donors (Lipinski definition) is 0. The van der Waals surface area contributed by atoms with E-state index >= 15 is 0 Å². The van der Waals surface area contributed by atoms with Crippen molar-refractivity contribution in [3.63, 3.8) is 0 Å². The van der Waals surface area contributed by atoms with E-state index in [1.165, 1.54) is 6.07 Å². The summed E-state index contributed by atoms with van der Waals surface area (Å²) < 4.78 is 27.3. The fourth-order valence-electron chi connectivity index (χ4n) is 2.38. The lowest BCUT2D eigenvalue weighted by Gasteiger charge is -2.20. The van der Waals surface area contributed by atoms with Crippen LogP contribution in [0.5, 0.6) is 0 Å². The fourth-order valence-corrected chi connectivity index (χ4v) is 3.11. The third-order valence-electron chi connectivity index (χ3n) is 3.59. The smallest absolute Gasteiger partial charge is 0.182 e. The lowest BCUT2D eigenvalue weighted by Crippen LogP contribution is -2.32. The first kappa shape index (κ1) is 14.4. The van der Waals surface area contributed by atoms with Crippen LogP contribution in [0.3, 0.4) is 0 Å². The molecule has 0 aliphatic heterocycles. The maximum Gasteiger partial charge on any atom is 0.182 e. The van der Waals surface area contributed by atoms with Crippen LogP contribution in [0, 0.1) is 11.6 Å². The average Bonchev–Trinajstić information content (AvgIpc) is 3.16. The molecule has 1 saturated carbocycles. The molecular weight excluding hydrogens is 292 g/mol. The van der Waals surface area contributed by atoms with Gasteiger partial charge in [-0.25, -0.2) is 8.78 Å². The Kier molecular flexibility index (Phi) is 4.12. The molecule has 1 aliphatic rings. The van der Waals surface area contributed by atoms with Gasteiger partial charge in [0.15, 0.2) is 5.78 Å². The largest absolute Gasteiger partial charge is 0.292 e. The molecule has 0 N–H and O–H groups in total. The molecule has 3 rings (SSSR count). The van der Waals surface area contributed by atoms with Gasteiger partial charge in [-0.3, -0.25) is 9.69 Å². The first-order valence-electron chi connectivity index (χ1n) is 6.89. The van der Waals surface area contributed by atoms with Crippen molar-refractivity contribution in [1.82, 2.24) is 4.90 Å². The maximum absolute atomic E-state index is 13.7. The fraction of sp³-hybridized carbons (Fsp3) is 0.312. The molecule has 5 heteroatoms. The van der Waals surface area contributed by atoms with Crippen LogP contribution < -0.4 is 0 Å². The van der Waals surface area contributed by atoms with Crippen LogP contribution in [-0.2, 0) is 6.54 Å². The Labute approximate surface area is 126 Å². The number of ketones is 1. The van der Waals surface area contributed by atoms with E-state index in [-0.39, 0.29) is 6.54 Å². The van der Waals surface area contributed by atoms with Crippen molar-refractivity contribution >= 4 is 17.1 Å². The number of rotatable bonds is 6. The van der Waals surface area contributed by atoms with E-state index in [0.29, 0.717) is 12.6 Å². The minimum absolute atomic E-state index is 0.0560. The normalized spacial score (nSPS) is 14.6. The van der Waals surface area contributed by atoms with Gasteiger partial charge in [-0.1, -0.05) is 12.1 Å². The molecule has 2 aromatic rings. The van der Waals surface area contributed by atoms with Crippen molar-refractivity contribution in [1.29, 1.82) is 0 Å². The Morgan fingerprint density at radius 3 is 2.48 bits per heavy atom. The average molecular weight is 307 g/mol. The number of thiophene rings is 1. The molecule has 0 radical (unpaired) electrons.